The Bertz CT molecular complexity index is 529. The third-order valence-corrected chi connectivity index (χ3v) is 2.63. The highest BCUT2D eigenvalue weighted by Gasteiger charge is 2.15. The second-order valence-corrected chi connectivity index (χ2v) is 4.56. The first-order valence-corrected chi connectivity index (χ1v) is 5.92. The van der Waals surface area contributed by atoms with E-state index in [0.717, 1.165) is 0 Å². The van der Waals surface area contributed by atoms with Crippen LogP contribution in [0.2, 0.25) is 0 Å². The Kier molecular flexibility index (Phi) is 4.88. The summed E-state index contributed by atoms with van der Waals surface area (Å²) in [5.74, 6) is -1.00. The number of benzene rings is 1. The molecule has 0 aliphatic carbocycles. The molecule has 1 rings (SSSR count). The molecule has 6 nitrogen and oxygen atoms in total. The Balaban J connectivity index is 3.01. The van der Waals surface area contributed by atoms with E-state index in [-0.39, 0.29) is 11.5 Å². The van der Waals surface area contributed by atoms with Gasteiger partial charge < -0.3 is 11.1 Å². The van der Waals surface area contributed by atoms with Gasteiger partial charge in [-0.3, -0.25) is 14.9 Å². The number of nitrogens with two attached hydrogens (primary N) is 1. The molecule has 0 saturated heterocycles. The molecule has 7 heteroatoms. The van der Waals surface area contributed by atoms with Gasteiger partial charge in [0.15, 0.2) is 0 Å². The molecule has 0 aromatic heterocycles. The molecular formula is C12H14ClN3O3. The molecule has 102 valence electrons. The SMILES string of the molecule is Cc1c(NC(=O)C(C)Cl)cccc1C(=O)NC(N)=O. The van der Waals surface area contributed by atoms with Gasteiger partial charge in [-0.1, -0.05) is 6.07 Å². The summed E-state index contributed by atoms with van der Waals surface area (Å²) >= 11 is 5.65. The van der Waals surface area contributed by atoms with Crippen LogP contribution in [0.15, 0.2) is 18.2 Å². The van der Waals surface area contributed by atoms with Gasteiger partial charge in [-0.2, -0.15) is 0 Å². The number of alkyl halides is 1. The zero-order valence-electron chi connectivity index (χ0n) is 10.5. The van der Waals surface area contributed by atoms with Crippen LogP contribution >= 0.6 is 11.6 Å². The quantitative estimate of drug-likeness (QED) is 0.730. The smallest absolute Gasteiger partial charge is 0.319 e. The number of urea groups is 1. The molecule has 1 aromatic carbocycles. The van der Waals surface area contributed by atoms with E-state index in [1.807, 2.05) is 5.32 Å². The highest BCUT2D eigenvalue weighted by Crippen LogP contribution is 2.19. The van der Waals surface area contributed by atoms with E-state index < -0.39 is 17.3 Å². The Hall–Kier alpha value is -2.08. The van der Waals surface area contributed by atoms with Crippen LogP contribution < -0.4 is 16.4 Å². The maximum atomic E-state index is 11.7. The Morgan fingerprint density at radius 2 is 1.95 bits per heavy atom. The number of amides is 4. The Morgan fingerprint density at radius 3 is 2.47 bits per heavy atom. The van der Waals surface area contributed by atoms with Crippen LogP contribution in [-0.4, -0.2) is 23.2 Å². The lowest BCUT2D eigenvalue weighted by molar-refractivity contribution is -0.115. The number of carbonyl (C=O) groups is 3. The summed E-state index contributed by atoms with van der Waals surface area (Å²) in [5.41, 5.74) is 6.10. The molecule has 0 radical (unpaired) electrons. The number of carbonyl (C=O) groups excluding carboxylic acids is 3. The van der Waals surface area contributed by atoms with Crippen LogP contribution in [0.1, 0.15) is 22.8 Å². The van der Waals surface area contributed by atoms with E-state index in [1.54, 1.807) is 19.1 Å². The number of rotatable bonds is 3. The van der Waals surface area contributed by atoms with Crippen LogP contribution in [-0.2, 0) is 4.79 Å². The highest BCUT2D eigenvalue weighted by molar-refractivity contribution is 6.32. The number of hydrogen-bond acceptors (Lipinski definition) is 3. The first-order chi connectivity index (χ1) is 8.82. The minimum atomic E-state index is -0.937. The molecule has 4 N–H and O–H groups in total. The minimum absolute atomic E-state index is 0.249. The summed E-state index contributed by atoms with van der Waals surface area (Å²) in [6, 6.07) is 3.80. The van der Waals surface area contributed by atoms with Crippen molar-refractivity contribution in [1.29, 1.82) is 0 Å². The molecular weight excluding hydrogens is 270 g/mol. The lowest BCUT2D eigenvalue weighted by Crippen LogP contribution is -2.35. The molecule has 0 spiro atoms. The monoisotopic (exact) mass is 283 g/mol. The zero-order chi connectivity index (χ0) is 14.6. The van der Waals surface area contributed by atoms with Gasteiger partial charge in [-0.25, -0.2) is 4.79 Å². The highest BCUT2D eigenvalue weighted by atomic mass is 35.5. The molecule has 4 amide bonds. The van der Waals surface area contributed by atoms with E-state index in [9.17, 15) is 14.4 Å². The van der Waals surface area contributed by atoms with Gasteiger partial charge in [-0.15, -0.1) is 11.6 Å². The molecule has 1 atom stereocenters. The van der Waals surface area contributed by atoms with Crippen molar-refractivity contribution < 1.29 is 14.4 Å². The average Bonchev–Trinajstić information content (AvgIpc) is 2.30. The fourth-order valence-corrected chi connectivity index (χ4v) is 1.48. The topological polar surface area (TPSA) is 101 Å². The van der Waals surface area contributed by atoms with Crippen molar-refractivity contribution in [3.63, 3.8) is 0 Å². The predicted molar refractivity (Wildman–Crippen MR) is 72.2 cm³/mol. The second-order valence-electron chi connectivity index (χ2n) is 3.90. The number of hydrogen-bond donors (Lipinski definition) is 3. The summed E-state index contributed by atoms with van der Waals surface area (Å²) < 4.78 is 0. The number of primary amides is 1. The van der Waals surface area contributed by atoms with Crippen molar-refractivity contribution in [2.24, 2.45) is 5.73 Å². The molecule has 0 fully saturated rings. The molecule has 1 aromatic rings. The van der Waals surface area contributed by atoms with Crippen molar-refractivity contribution in [1.82, 2.24) is 5.32 Å². The van der Waals surface area contributed by atoms with E-state index in [0.29, 0.717) is 11.3 Å². The first kappa shape index (κ1) is 15.0. The summed E-state index contributed by atoms with van der Waals surface area (Å²) in [6.45, 7) is 3.18. The van der Waals surface area contributed by atoms with E-state index >= 15 is 0 Å². The lowest BCUT2D eigenvalue weighted by Gasteiger charge is -2.12. The van der Waals surface area contributed by atoms with E-state index in [4.69, 9.17) is 17.3 Å². The van der Waals surface area contributed by atoms with Crippen LogP contribution in [0, 0.1) is 6.92 Å². The van der Waals surface area contributed by atoms with Crippen LogP contribution in [0.4, 0.5) is 10.5 Å². The molecule has 0 aliphatic rings. The fourth-order valence-electron chi connectivity index (χ4n) is 1.43. The standard InChI is InChI=1S/C12H14ClN3O3/c1-6-8(11(18)16-12(14)19)4-3-5-9(6)15-10(17)7(2)13/h3-5,7H,1-2H3,(H,15,17)(H3,14,16,18,19). The number of halogens is 1. The normalized spacial score (nSPS) is 11.5. The molecule has 0 aliphatic heterocycles. The maximum absolute atomic E-state index is 11.7. The minimum Gasteiger partial charge on any atom is -0.351 e. The summed E-state index contributed by atoms with van der Waals surface area (Å²) in [7, 11) is 0. The molecule has 1 unspecified atom stereocenters. The van der Waals surface area contributed by atoms with Gasteiger partial charge in [0.05, 0.1) is 0 Å². The van der Waals surface area contributed by atoms with Crippen molar-refractivity contribution in [2.45, 2.75) is 19.2 Å². The van der Waals surface area contributed by atoms with Gasteiger partial charge in [0.1, 0.15) is 5.38 Å². The number of anilines is 1. The van der Waals surface area contributed by atoms with Crippen LogP contribution in [0.5, 0.6) is 0 Å². The summed E-state index contributed by atoms with van der Waals surface area (Å²) in [5, 5.41) is 3.86. The van der Waals surface area contributed by atoms with Crippen molar-refractivity contribution >= 4 is 35.1 Å². The third kappa shape index (κ3) is 3.96. The van der Waals surface area contributed by atoms with Gasteiger partial charge in [0.25, 0.3) is 5.91 Å². The van der Waals surface area contributed by atoms with Gasteiger partial charge >= 0.3 is 6.03 Å². The van der Waals surface area contributed by atoms with Crippen molar-refractivity contribution in [3.05, 3.63) is 29.3 Å². The maximum Gasteiger partial charge on any atom is 0.319 e. The third-order valence-electron chi connectivity index (χ3n) is 2.43. The largest absolute Gasteiger partial charge is 0.351 e. The predicted octanol–water partition coefficient (Wildman–Crippen LogP) is 1.37. The van der Waals surface area contributed by atoms with E-state index in [1.165, 1.54) is 13.0 Å². The van der Waals surface area contributed by atoms with Gasteiger partial charge in [0.2, 0.25) is 5.91 Å². The van der Waals surface area contributed by atoms with Crippen molar-refractivity contribution in [2.75, 3.05) is 5.32 Å². The molecule has 0 heterocycles. The summed E-state index contributed by atoms with van der Waals surface area (Å²) in [6.07, 6.45) is 0. The van der Waals surface area contributed by atoms with E-state index in [2.05, 4.69) is 5.32 Å². The van der Waals surface area contributed by atoms with Crippen LogP contribution in [0.3, 0.4) is 0 Å². The second kappa shape index (κ2) is 6.19. The number of nitrogens with one attached hydrogen (secondary N) is 2. The zero-order valence-corrected chi connectivity index (χ0v) is 11.2. The lowest BCUT2D eigenvalue weighted by atomic mass is 10.1. The molecule has 0 saturated carbocycles. The summed E-state index contributed by atoms with van der Waals surface area (Å²) in [4.78, 5) is 33.9. The fraction of sp³-hybridized carbons (Fsp3) is 0.250. The molecule has 0 bridgehead atoms. The van der Waals surface area contributed by atoms with Crippen LogP contribution in [0.25, 0.3) is 0 Å². The first-order valence-electron chi connectivity index (χ1n) is 5.48. The van der Waals surface area contributed by atoms with Gasteiger partial charge in [-0.05, 0) is 31.5 Å². The Labute approximate surface area is 115 Å². The molecule has 19 heavy (non-hydrogen) atoms. The average molecular weight is 284 g/mol. The number of imide groups is 1. The Morgan fingerprint density at radius 1 is 1.32 bits per heavy atom. The van der Waals surface area contributed by atoms with Crippen molar-refractivity contribution in [3.8, 4) is 0 Å². The van der Waals surface area contributed by atoms with Gasteiger partial charge in [0, 0.05) is 11.3 Å².